The van der Waals surface area contributed by atoms with Crippen molar-refractivity contribution >= 4 is 38.5 Å². The third-order valence-electron chi connectivity index (χ3n) is 7.15. The van der Waals surface area contributed by atoms with Gasteiger partial charge in [0.2, 0.25) is 5.91 Å². The number of carbonyl (C=O) groups is 1. The minimum atomic E-state index is -5.74. The smallest absolute Gasteiger partial charge is 0.387 e. The molecular formula is C21H28ClN7O17P2. The zero-order valence-corrected chi connectivity index (χ0v) is 26.4. The van der Waals surface area contributed by atoms with E-state index in [4.69, 9.17) is 20.9 Å². The summed E-state index contributed by atoms with van der Waals surface area (Å²) in [5.41, 5.74) is 11.1. The van der Waals surface area contributed by atoms with Gasteiger partial charge < -0.3 is 65.4 Å². The fourth-order valence-electron chi connectivity index (χ4n) is 4.88. The Balaban J connectivity index is 1.23. The molecule has 2 aromatic heterocycles. The van der Waals surface area contributed by atoms with Crippen LogP contribution in [0, 0.1) is 10.8 Å². The Hall–Kier alpha value is -2.71. The Morgan fingerprint density at radius 2 is 1.79 bits per heavy atom. The summed E-state index contributed by atoms with van der Waals surface area (Å²) in [6, 6.07) is 0. The first-order chi connectivity index (χ1) is 22.4. The molecule has 48 heavy (non-hydrogen) atoms. The number of phosphoric acid groups is 2. The molecule has 266 valence electrons. The lowest BCUT2D eigenvalue weighted by atomic mass is 10.1. The maximum atomic E-state index is 12.6. The molecule has 3 aliphatic heterocycles. The molecule has 27 heteroatoms. The quantitative estimate of drug-likeness (QED) is 0.0887. The molecule has 1 amide bonds. The summed E-state index contributed by atoms with van der Waals surface area (Å²) in [4.78, 5) is 44.6. The molecule has 24 nitrogen and oxygen atoms in total. The van der Waals surface area contributed by atoms with Crippen molar-refractivity contribution in [2.75, 3.05) is 18.9 Å². The number of allylic oxidation sites excluding steroid dienone is 1. The number of nitrogens with two attached hydrogens (primary N) is 2. The fraction of sp³-hybridized carbons (Fsp3) is 0.524. The van der Waals surface area contributed by atoms with E-state index in [2.05, 4.69) is 32.6 Å². The third kappa shape index (κ3) is 7.55. The van der Waals surface area contributed by atoms with Crippen molar-refractivity contribution in [1.29, 1.82) is 0 Å². The fourth-order valence-corrected chi connectivity index (χ4v) is 7.36. The summed E-state index contributed by atoms with van der Waals surface area (Å²) in [6.45, 7) is -2.53. The summed E-state index contributed by atoms with van der Waals surface area (Å²) in [6.07, 6.45) is -5.80. The molecule has 2 saturated heterocycles. The number of nitrogens with zero attached hydrogens (tertiary/aromatic N) is 5. The summed E-state index contributed by atoms with van der Waals surface area (Å²) >= 11 is 0. The number of aliphatic hydroxyl groups excluding tert-OH is 4. The Bertz CT molecular complexity index is 1680. The van der Waals surface area contributed by atoms with Crippen LogP contribution < -0.4 is 20.8 Å². The third-order valence-corrected chi connectivity index (χ3v) is 10.1. The van der Waals surface area contributed by atoms with Gasteiger partial charge in [0.1, 0.15) is 42.9 Å². The summed E-state index contributed by atoms with van der Waals surface area (Å²) in [5.74, 6) is -3.79. The van der Waals surface area contributed by atoms with E-state index in [-0.39, 0.29) is 29.0 Å². The van der Waals surface area contributed by atoms with Gasteiger partial charge in [0.25, 0.3) is 10.8 Å². The van der Waals surface area contributed by atoms with Gasteiger partial charge in [-0.1, -0.05) is 6.08 Å². The summed E-state index contributed by atoms with van der Waals surface area (Å²) < 4.78 is 78.0. The Kier molecular flexibility index (Phi) is 10.6. The molecule has 10 N–H and O–H groups in total. The topological polar surface area (TPSA) is 373 Å². The van der Waals surface area contributed by atoms with Crippen molar-refractivity contribution in [3.8, 4) is 0 Å². The average molecular weight is 748 g/mol. The van der Waals surface area contributed by atoms with Crippen LogP contribution in [-0.2, 0) is 41.0 Å². The first-order valence-electron chi connectivity index (χ1n) is 13.3. The maximum Gasteiger partial charge on any atom is 0.481 e. The van der Waals surface area contributed by atoms with E-state index in [1.165, 1.54) is 23.4 Å². The zero-order valence-electron chi connectivity index (χ0n) is 23.9. The molecular weight excluding hydrogens is 720 g/mol. The van der Waals surface area contributed by atoms with Gasteiger partial charge in [0.15, 0.2) is 30.0 Å². The van der Waals surface area contributed by atoms with Crippen LogP contribution in [0.1, 0.15) is 12.6 Å². The minimum Gasteiger partial charge on any atom is -0.387 e. The Labute approximate surface area is 271 Å². The number of phosphoric ester groups is 2. The number of hydrogen-bond donors (Lipinski definition) is 8. The highest BCUT2D eigenvalue weighted by molar-refractivity contribution is 7.61. The maximum absolute atomic E-state index is 12.6. The molecule has 0 bridgehead atoms. The number of amides is 1. The van der Waals surface area contributed by atoms with Gasteiger partial charge in [0, 0.05) is 18.0 Å². The SMILES string of the molecule is NC(=O)C1=CN([C@@H]2O[C@H](COP(=O)(O)OP(=O)(O)OC[C@]3(O[Cl+2]([O-])[O-])O[C@@H](n4cnc5c(N)ncnc54)[C@H](O)[C@@H]3O)[C@@H](O)[C@H]2O)C=CC1. The lowest BCUT2D eigenvalue weighted by Crippen LogP contribution is -2.54. The van der Waals surface area contributed by atoms with E-state index in [0.29, 0.717) is 0 Å². The van der Waals surface area contributed by atoms with Crippen molar-refractivity contribution < 1.29 is 91.4 Å². The second-order valence-electron chi connectivity index (χ2n) is 10.3. The molecule has 5 rings (SSSR count). The zero-order chi connectivity index (χ0) is 35.2. The number of rotatable bonds is 13. The number of primary amides is 1. The number of ether oxygens (including phenoxy) is 2. The minimum absolute atomic E-state index is 0.0345. The van der Waals surface area contributed by atoms with Crippen LogP contribution >= 0.6 is 15.6 Å². The number of aliphatic hydroxyl groups is 4. The molecule has 0 saturated carbocycles. The number of fused-ring (bicyclic) bond motifs is 1. The van der Waals surface area contributed by atoms with Crippen molar-refractivity contribution in [3.05, 3.63) is 36.7 Å². The predicted octanol–water partition coefficient (Wildman–Crippen LogP) is -5.26. The van der Waals surface area contributed by atoms with Crippen LogP contribution in [-0.4, -0.2) is 116 Å². The predicted molar refractivity (Wildman–Crippen MR) is 142 cm³/mol. The van der Waals surface area contributed by atoms with Crippen LogP contribution in [0.15, 0.2) is 36.7 Å². The normalized spacial score (nSPS) is 33.2. The van der Waals surface area contributed by atoms with Crippen molar-refractivity contribution in [2.45, 2.75) is 55.2 Å². The molecule has 2 aromatic rings. The highest BCUT2D eigenvalue weighted by atomic mass is 35.6. The van der Waals surface area contributed by atoms with E-state index in [9.17, 15) is 53.5 Å². The number of nitrogen functional groups attached to an aromatic ring is 1. The van der Waals surface area contributed by atoms with Crippen molar-refractivity contribution in [1.82, 2.24) is 24.4 Å². The summed E-state index contributed by atoms with van der Waals surface area (Å²) in [7, 11) is -14.4. The average Bonchev–Trinajstić information content (AvgIpc) is 3.64. The van der Waals surface area contributed by atoms with E-state index in [1.807, 2.05) is 0 Å². The second-order valence-corrected chi connectivity index (χ2v) is 13.9. The lowest BCUT2D eigenvalue weighted by molar-refractivity contribution is -1.63. The van der Waals surface area contributed by atoms with Gasteiger partial charge in [0.05, 0.1) is 17.2 Å². The van der Waals surface area contributed by atoms with Gasteiger partial charge in [-0.2, -0.15) is 4.31 Å². The summed E-state index contributed by atoms with van der Waals surface area (Å²) in [5, 5.41) is 42.2. The second kappa shape index (κ2) is 13.9. The van der Waals surface area contributed by atoms with Gasteiger partial charge in [-0.3, -0.25) is 18.4 Å². The molecule has 5 heterocycles. The number of anilines is 1. The van der Waals surface area contributed by atoms with Crippen LogP contribution in [0.3, 0.4) is 0 Å². The van der Waals surface area contributed by atoms with Gasteiger partial charge in [-0.25, -0.2) is 24.1 Å². The number of halogens is 1. The van der Waals surface area contributed by atoms with Crippen molar-refractivity contribution in [3.63, 3.8) is 0 Å². The Morgan fingerprint density at radius 3 is 2.48 bits per heavy atom. The van der Waals surface area contributed by atoms with E-state index in [0.717, 1.165) is 17.2 Å². The molecule has 2 unspecified atom stereocenters. The van der Waals surface area contributed by atoms with Crippen LogP contribution in [0.2, 0.25) is 0 Å². The largest absolute Gasteiger partial charge is 0.481 e. The molecule has 3 aliphatic rings. The van der Waals surface area contributed by atoms with E-state index < -0.39 is 94.3 Å². The molecule has 2 fully saturated rings. The van der Waals surface area contributed by atoms with Crippen LogP contribution in [0.4, 0.5) is 5.82 Å². The monoisotopic (exact) mass is 747 g/mol. The number of carbonyl (C=O) groups excluding carboxylic acids is 1. The standard InChI is InChI=1S/C21H28ClN7O17P2/c23-16-11-18(26-7-25-16)29(8-27-11)20-14(32)15(33)21(44-20,45-22(35)36)6-42-48(39,40)46-47(37,38)41-5-10-12(30)13(31)19(43-10)28-3-1-2-9(4-28)17(24)34/h1,3-4,7-8,10,12-15,19-20,30-33H,2,5-6H2,(H2,24,34)(H,37,38)(H,39,40)(H2,23,25,26)/t10-,12-,13-,14-,15+,19-,20-,21-/m1/s1. The van der Waals surface area contributed by atoms with Crippen molar-refractivity contribution in [2.24, 2.45) is 5.73 Å². The van der Waals surface area contributed by atoms with Crippen LogP contribution in [0.25, 0.3) is 11.2 Å². The number of aromatic nitrogens is 4. The lowest BCUT2D eigenvalue weighted by Gasteiger charge is -2.28. The van der Waals surface area contributed by atoms with Gasteiger partial charge in [-0.15, -0.1) is 0 Å². The van der Waals surface area contributed by atoms with Gasteiger partial charge in [-0.05, 0) is 6.42 Å². The van der Waals surface area contributed by atoms with Crippen LogP contribution in [0.5, 0.6) is 0 Å². The van der Waals surface area contributed by atoms with E-state index >= 15 is 0 Å². The molecule has 0 radical (unpaired) electrons. The van der Waals surface area contributed by atoms with E-state index in [1.54, 1.807) is 0 Å². The highest BCUT2D eigenvalue weighted by Crippen LogP contribution is 2.61. The molecule has 0 aliphatic carbocycles. The molecule has 10 atom stereocenters. The first kappa shape index (κ1) is 36.6. The number of hydrogen-bond acceptors (Lipinski definition) is 20. The molecule has 0 aromatic carbocycles. The number of imidazole rings is 1. The highest BCUT2D eigenvalue weighted by Gasteiger charge is 2.64. The molecule has 0 spiro atoms. The van der Waals surface area contributed by atoms with Gasteiger partial charge >= 0.3 is 21.4 Å². The first-order valence-corrected chi connectivity index (χ1v) is 17.2. The Morgan fingerprint density at radius 1 is 1.08 bits per heavy atom.